The lowest BCUT2D eigenvalue weighted by molar-refractivity contribution is -0.148. The molecule has 0 saturated heterocycles. The van der Waals surface area contributed by atoms with Crippen molar-refractivity contribution in [2.75, 3.05) is 13.2 Å². The summed E-state index contributed by atoms with van der Waals surface area (Å²) in [6, 6.07) is -0.421. The second kappa shape index (κ2) is 12.9. The van der Waals surface area contributed by atoms with Crippen LogP contribution in [0.1, 0.15) is 96.2 Å². The molecule has 0 saturated carbocycles. The Hall–Kier alpha value is -1.43. The van der Waals surface area contributed by atoms with Gasteiger partial charge in [0, 0.05) is 25.1 Å². The highest BCUT2D eigenvalue weighted by atomic mass is 16.5. The van der Waals surface area contributed by atoms with E-state index in [0.29, 0.717) is 18.8 Å². The van der Waals surface area contributed by atoms with Crippen LogP contribution in [0.25, 0.3) is 0 Å². The fourth-order valence-electron chi connectivity index (χ4n) is 2.78. The summed E-state index contributed by atoms with van der Waals surface area (Å²) in [5.41, 5.74) is 0.940. The summed E-state index contributed by atoms with van der Waals surface area (Å²) >= 11 is 0. The highest BCUT2D eigenvalue weighted by molar-refractivity contribution is 5.74. The second-order valence-corrected chi connectivity index (χ2v) is 6.78. The zero-order chi connectivity index (χ0) is 18.5. The van der Waals surface area contributed by atoms with E-state index in [4.69, 9.17) is 9.84 Å². The van der Waals surface area contributed by atoms with E-state index in [2.05, 4.69) is 31.1 Å². The Morgan fingerprint density at radius 2 is 1.92 bits per heavy atom. The summed E-state index contributed by atoms with van der Waals surface area (Å²) in [6.07, 6.45) is 10.9. The Morgan fingerprint density at radius 1 is 1.16 bits per heavy atom. The number of hydrogen-bond acceptors (Lipinski definition) is 5. The zero-order valence-corrected chi connectivity index (χ0v) is 16.1. The van der Waals surface area contributed by atoms with Crippen LogP contribution >= 0.6 is 0 Å². The van der Waals surface area contributed by atoms with Crippen molar-refractivity contribution < 1.29 is 14.6 Å². The van der Waals surface area contributed by atoms with Gasteiger partial charge >= 0.3 is 5.97 Å². The molecule has 1 aromatic heterocycles. The van der Waals surface area contributed by atoms with Crippen LogP contribution in [0.5, 0.6) is 0 Å². The molecule has 0 aliphatic rings. The summed E-state index contributed by atoms with van der Waals surface area (Å²) in [6.45, 7) is 6.77. The summed E-state index contributed by atoms with van der Waals surface area (Å²) in [5.74, 6) is 0.0717. The van der Waals surface area contributed by atoms with Gasteiger partial charge in [0.15, 0.2) is 6.04 Å². The first-order valence-electron chi connectivity index (χ1n) is 9.83. The van der Waals surface area contributed by atoms with Crippen LogP contribution < -0.4 is 0 Å². The molecule has 0 amide bonds. The molecule has 0 aliphatic carbocycles. The van der Waals surface area contributed by atoms with Gasteiger partial charge in [-0.25, -0.2) is 9.48 Å². The summed E-state index contributed by atoms with van der Waals surface area (Å²) in [5, 5.41) is 17.3. The summed E-state index contributed by atoms with van der Waals surface area (Å²) in [4.78, 5) is 12.4. The molecule has 2 unspecified atom stereocenters. The van der Waals surface area contributed by atoms with E-state index in [1.54, 1.807) is 4.68 Å². The molecule has 25 heavy (non-hydrogen) atoms. The van der Waals surface area contributed by atoms with E-state index >= 15 is 0 Å². The van der Waals surface area contributed by atoms with Gasteiger partial charge in [0.05, 0.1) is 12.3 Å². The average Bonchev–Trinajstić information content (AvgIpc) is 3.09. The van der Waals surface area contributed by atoms with Crippen LogP contribution in [-0.4, -0.2) is 39.3 Å². The number of aromatic nitrogens is 3. The first kappa shape index (κ1) is 21.6. The molecule has 0 bridgehead atoms. The third-order valence-corrected chi connectivity index (χ3v) is 4.49. The maximum absolute atomic E-state index is 12.4. The standard InChI is InChI=1S/C19H35N3O3/c1-4-6-8-9-12-18(19(24)25-14-10-13-23)22-15-17(20-21-22)16(3)11-7-5-2/h15-16,18,23H,4-14H2,1-3H3. The first-order chi connectivity index (χ1) is 12.1. The summed E-state index contributed by atoms with van der Waals surface area (Å²) < 4.78 is 6.97. The molecule has 0 aromatic carbocycles. The molecule has 0 spiro atoms. The maximum Gasteiger partial charge on any atom is 0.330 e. The van der Waals surface area contributed by atoms with Gasteiger partial charge in [-0.15, -0.1) is 5.10 Å². The molecule has 0 aliphatic heterocycles. The highest BCUT2D eigenvalue weighted by Crippen LogP contribution is 2.22. The van der Waals surface area contributed by atoms with E-state index in [9.17, 15) is 4.79 Å². The van der Waals surface area contributed by atoms with Crippen molar-refractivity contribution in [3.8, 4) is 0 Å². The Bertz CT molecular complexity index is 476. The van der Waals surface area contributed by atoms with Crippen molar-refractivity contribution in [2.24, 2.45) is 0 Å². The number of carbonyl (C=O) groups is 1. The van der Waals surface area contributed by atoms with Crippen molar-refractivity contribution in [3.05, 3.63) is 11.9 Å². The van der Waals surface area contributed by atoms with Crippen molar-refractivity contribution in [1.29, 1.82) is 0 Å². The number of aliphatic hydroxyl groups is 1. The number of rotatable bonds is 14. The van der Waals surface area contributed by atoms with Crippen LogP contribution in [0, 0.1) is 0 Å². The quantitative estimate of drug-likeness (QED) is 0.404. The SMILES string of the molecule is CCCCCCC(C(=O)OCCCO)n1cc(C(C)CCCC)nn1. The minimum Gasteiger partial charge on any atom is -0.464 e. The van der Waals surface area contributed by atoms with Crippen molar-refractivity contribution in [1.82, 2.24) is 15.0 Å². The molecule has 2 atom stereocenters. The van der Waals surface area contributed by atoms with Crippen molar-refractivity contribution >= 4 is 5.97 Å². The zero-order valence-electron chi connectivity index (χ0n) is 16.1. The Balaban J connectivity index is 2.72. The molecule has 1 N–H and O–H groups in total. The van der Waals surface area contributed by atoms with Crippen LogP contribution in [0.4, 0.5) is 0 Å². The Kier molecular flexibility index (Phi) is 11.1. The monoisotopic (exact) mass is 353 g/mol. The second-order valence-electron chi connectivity index (χ2n) is 6.78. The van der Waals surface area contributed by atoms with E-state index in [1.165, 1.54) is 6.42 Å². The van der Waals surface area contributed by atoms with Gasteiger partial charge in [-0.3, -0.25) is 0 Å². The molecular formula is C19H35N3O3. The lowest BCUT2D eigenvalue weighted by atomic mass is 10.0. The van der Waals surface area contributed by atoms with Gasteiger partial charge in [0.25, 0.3) is 0 Å². The van der Waals surface area contributed by atoms with Gasteiger partial charge in [-0.1, -0.05) is 64.5 Å². The molecule has 1 heterocycles. The molecule has 0 fully saturated rings. The topological polar surface area (TPSA) is 77.2 Å². The average molecular weight is 354 g/mol. The van der Waals surface area contributed by atoms with E-state index < -0.39 is 6.04 Å². The van der Waals surface area contributed by atoms with Crippen LogP contribution in [-0.2, 0) is 9.53 Å². The van der Waals surface area contributed by atoms with Crippen LogP contribution in [0.3, 0.4) is 0 Å². The normalized spacial score (nSPS) is 13.6. The first-order valence-corrected chi connectivity index (χ1v) is 9.83. The molecule has 1 aromatic rings. The molecule has 6 heteroatoms. The third-order valence-electron chi connectivity index (χ3n) is 4.49. The number of hydrogen-bond donors (Lipinski definition) is 1. The fourth-order valence-corrected chi connectivity index (χ4v) is 2.78. The lowest BCUT2D eigenvalue weighted by Crippen LogP contribution is -2.23. The third kappa shape index (κ3) is 7.99. The van der Waals surface area contributed by atoms with Gasteiger partial charge in [-0.05, 0) is 12.8 Å². The highest BCUT2D eigenvalue weighted by Gasteiger charge is 2.24. The molecule has 6 nitrogen and oxygen atoms in total. The maximum atomic E-state index is 12.4. The van der Waals surface area contributed by atoms with Crippen molar-refractivity contribution in [3.63, 3.8) is 0 Å². The van der Waals surface area contributed by atoms with E-state index in [0.717, 1.165) is 44.2 Å². The molecule has 144 valence electrons. The van der Waals surface area contributed by atoms with E-state index in [1.807, 2.05) is 6.20 Å². The van der Waals surface area contributed by atoms with Gasteiger partial charge in [0.2, 0.25) is 0 Å². The lowest BCUT2D eigenvalue weighted by Gasteiger charge is -2.16. The number of carbonyl (C=O) groups excluding carboxylic acids is 1. The summed E-state index contributed by atoms with van der Waals surface area (Å²) in [7, 11) is 0. The minimum absolute atomic E-state index is 0.0247. The number of unbranched alkanes of at least 4 members (excludes halogenated alkanes) is 4. The smallest absolute Gasteiger partial charge is 0.330 e. The minimum atomic E-state index is -0.421. The molecule has 1 rings (SSSR count). The van der Waals surface area contributed by atoms with Crippen molar-refractivity contribution in [2.45, 2.75) is 90.5 Å². The number of esters is 1. The number of aliphatic hydroxyl groups excluding tert-OH is 1. The van der Waals surface area contributed by atoms with Gasteiger partial charge in [0.1, 0.15) is 0 Å². The fraction of sp³-hybridized carbons (Fsp3) is 0.842. The Labute approximate surface area is 152 Å². The van der Waals surface area contributed by atoms with Crippen LogP contribution in [0.2, 0.25) is 0 Å². The Morgan fingerprint density at radius 3 is 2.60 bits per heavy atom. The molecule has 0 radical (unpaired) electrons. The predicted octanol–water partition coefficient (Wildman–Crippen LogP) is 4.01. The largest absolute Gasteiger partial charge is 0.464 e. The molecular weight excluding hydrogens is 318 g/mol. The number of nitrogens with zero attached hydrogens (tertiary/aromatic N) is 3. The van der Waals surface area contributed by atoms with E-state index in [-0.39, 0.29) is 19.2 Å². The number of ether oxygens (including phenoxy) is 1. The van der Waals surface area contributed by atoms with Gasteiger partial charge < -0.3 is 9.84 Å². The predicted molar refractivity (Wildman–Crippen MR) is 98.4 cm³/mol. The van der Waals surface area contributed by atoms with Crippen LogP contribution in [0.15, 0.2) is 6.20 Å². The van der Waals surface area contributed by atoms with Gasteiger partial charge in [-0.2, -0.15) is 0 Å².